The van der Waals surface area contributed by atoms with Crippen LogP contribution in [-0.2, 0) is 19.6 Å². The molecule has 1 aromatic heterocycles. The Labute approximate surface area is 176 Å². The number of carboxylic acids is 1. The molecule has 0 amide bonds. The summed E-state index contributed by atoms with van der Waals surface area (Å²) in [5.74, 6) is -0.193. The molecular weight excluding hydrogens is 418 g/mol. The van der Waals surface area contributed by atoms with E-state index in [1.165, 1.54) is 4.31 Å². The summed E-state index contributed by atoms with van der Waals surface area (Å²) in [6, 6.07) is 5.73. The van der Waals surface area contributed by atoms with Gasteiger partial charge in [-0.05, 0) is 24.6 Å². The highest BCUT2D eigenvalue weighted by molar-refractivity contribution is 7.89. The molecule has 1 fully saturated rings. The number of carboxylic acid groups (broad SMARTS) is 1. The Morgan fingerprint density at radius 2 is 2.03 bits per heavy atom. The second-order valence-corrected chi connectivity index (χ2v) is 9.72. The lowest BCUT2D eigenvalue weighted by Gasteiger charge is -2.23. The Bertz CT molecular complexity index is 955. The van der Waals surface area contributed by atoms with Crippen molar-refractivity contribution in [3.8, 4) is 11.4 Å². The van der Waals surface area contributed by atoms with Crippen LogP contribution in [0, 0.1) is 12.8 Å². The van der Waals surface area contributed by atoms with E-state index in [1.807, 2.05) is 35.9 Å². The molecule has 8 nitrogen and oxygen atoms in total. The molecule has 0 radical (unpaired) electrons. The molecular formula is C19H26ClN3O5S. The zero-order valence-electron chi connectivity index (χ0n) is 16.9. The first-order chi connectivity index (χ1) is 13.5. The summed E-state index contributed by atoms with van der Waals surface area (Å²) in [5.41, 5.74) is 1.91. The Kier molecular flexibility index (Phi) is 7.81. The molecule has 0 unspecified atom stereocenters. The van der Waals surface area contributed by atoms with Crippen molar-refractivity contribution in [1.29, 1.82) is 0 Å². The van der Waals surface area contributed by atoms with Gasteiger partial charge in [0.2, 0.25) is 10.0 Å². The van der Waals surface area contributed by atoms with Gasteiger partial charge in [-0.3, -0.25) is 4.79 Å². The fourth-order valence-corrected chi connectivity index (χ4v) is 4.54. The Morgan fingerprint density at radius 1 is 1.38 bits per heavy atom. The lowest BCUT2D eigenvalue weighted by atomic mass is 10.1. The molecule has 10 heteroatoms. The number of hydrogen-bond donors (Lipinski definition) is 1. The van der Waals surface area contributed by atoms with Crippen LogP contribution in [0.25, 0.3) is 11.4 Å². The number of rotatable bonds is 5. The fraction of sp³-hybridized carbons (Fsp3) is 0.474. The third-order valence-corrected chi connectivity index (χ3v) is 6.81. The first-order valence-electron chi connectivity index (χ1n) is 8.99. The van der Waals surface area contributed by atoms with Crippen LogP contribution in [-0.4, -0.2) is 66.4 Å². The fourth-order valence-electron chi connectivity index (χ4n) is 3.06. The largest absolute Gasteiger partial charge is 0.481 e. The zero-order chi connectivity index (χ0) is 21.8. The third kappa shape index (κ3) is 6.02. The van der Waals surface area contributed by atoms with E-state index in [0.717, 1.165) is 23.9 Å². The van der Waals surface area contributed by atoms with Crippen molar-refractivity contribution in [1.82, 2.24) is 13.9 Å². The molecule has 1 saturated heterocycles. The maximum atomic E-state index is 12.3. The molecule has 0 spiro atoms. The van der Waals surface area contributed by atoms with Gasteiger partial charge in [-0.2, -0.15) is 0 Å². The average Bonchev–Trinajstić information content (AvgIpc) is 3.22. The van der Waals surface area contributed by atoms with Crippen molar-refractivity contribution in [3.05, 3.63) is 41.2 Å². The van der Waals surface area contributed by atoms with Crippen LogP contribution in [0.15, 0.2) is 30.6 Å². The number of ether oxygens (including phenoxy) is 1. The topological polar surface area (TPSA) is 102 Å². The van der Waals surface area contributed by atoms with Crippen molar-refractivity contribution < 1.29 is 23.1 Å². The first kappa shape index (κ1) is 23.3. The van der Waals surface area contributed by atoms with Gasteiger partial charge in [-0.25, -0.2) is 17.7 Å². The molecule has 160 valence electrons. The number of aryl methyl sites for hydroxylation is 1. The minimum atomic E-state index is -3.30. The molecule has 0 saturated carbocycles. The molecule has 0 bridgehead atoms. The lowest BCUT2D eigenvalue weighted by molar-refractivity contribution is -0.134. The summed E-state index contributed by atoms with van der Waals surface area (Å²) < 4.78 is 33.4. The molecule has 2 atom stereocenters. The van der Waals surface area contributed by atoms with Crippen LogP contribution in [0.1, 0.15) is 18.5 Å². The quantitative estimate of drug-likeness (QED) is 0.762. The number of aromatic nitrogens is 2. The number of halogens is 1. The number of aliphatic carboxylic acids is 1. The Morgan fingerprint density at radius 3 is 2.62 bits per heavy atom. The second kappa shape index (κ2) is 9.71. The number of benzene rings is 1. The van der Waals surface area contributed by atoms with Gasteiger partial charge in [0.1, 0.15) is 5.82 Å². The molecule has 2 aromatic rings. The number of imidazole rings is 1. The summed E-state index contributed by atoms with van der Waals surface area (Å²) in [6.45, 7) is 3.94. The van der Waals surface area contributed by atoms with Crippen molar-refractivity contribution in [2.45, 2.75) is 19.9 Å². The molecule has 1 aliphatic heterocycles. The Balaban J connectivity index is 0.000000687. The molecule has 1 aliphatic rings. The SMILES string of the molecule is CC(=O)O.Cc1ccc(-c2nccn2[C@@H]2COC[C@H]2CS(=O)(=O)N(C)C)c(Cl)c1. The van der Waals surface area contributed by atoms with Crippen LogP contribution >= 0.6 is 11.6 Å². The number of sulfonamides is 1. The van der Waals surface area contributed by atoms with Gasteiger partial charge >= 0.3 is 0 Å². The number of hydrogen-bond acceptors (Lipinski definition) is 5. The van der Waals surface area contributed by atoms with E-state index in [4.69, 9.17) is 26.2 Å². The predicted octanol–water partition coefficient (Wildman–Crippen LogP) is 2.68. The molecule has 29 heavy (non-hydrogen) atoms. The second-order valence-electron chi connectivity index (χ2n) is 7.09. The van der Waals surface area contributed by atoms with E-state index in [0.29, 0.717) is 18.2 Å². The van der Waals surface area contributed by atoms with E-state index >= 15 is 0 Å². The maximum absolute atomic E-state index is 12.3. The highest BCUT2D eigenvalue weighted by Crippen LogP contribution is 2.34. The van der Waals surface area contributed by atoms with Gasteiger partial charge in [-0.15, -0.1) is 0 Å². The minimum Gasteiger partial charge on any atom is -0.481 e. The van der Waals surface area contributed by atoms with Gasteiger partial charge in [0.15, 0.2) is 0 Å². The third-order valence-electron chi connectivity index (χ3n) is 4.54. The normalized spacial score (nSPS) is 19.1. The summed E-state index contributed by atoms with van der Waals surface area (Å²) in [6.07, 6.45) is 3.57. The molecule has 3 rings (SSSR count). The van der Waals surface area contributed by atoms with Crippen LogP contribution < -0.4 is 0 Å². The van der Waals surface area contributed by atoms with Crippen LogP contribution in [0.3, 0.4) is 0 Å². The highest BCUT2D eigenvalue weighted by atomic mass is 35.5. The summed E-state index contributed by atoms with van der Waals surface area (Å²) in [5, 5.41) is 8.05. The summed E-state index contributed by atoms with van der Waals surface area (Å²) in [4.78, 5) is 13.5. The summed E-state index contributed by atoms with van der Waals surface area (Å²) >= 11 is 6.40. The standard InChI is InChI=1S/C17H22ClN3O3S.C2H4O2/c1-12-4-5-14(15(18)8-12)17-19-6-7-21(17)16-10-24-9-13(16)11-25(22,23)20(2)3;1-2(3)4/h4-8,13,16H,9-11H2,1-3H3;1H3,(H,3,4)/t13-,16+;/m0./s1. The van der Waals surface area contributed by atoms with Gasteiger partial charge in [0.05, 0.1) is 30.0 Å². The van der Waals surface area contributed by atoms with Gasteiger partial charge < -0.3 is 14.4 Å². The average molecular weight is 444 g/mol. The van der Waals surface area contributed by atoms with E-state index in [2.05, 4.69) is 4.98 Å². The highest BCUT2D eigenvalue weighted by Gasteiger charge is 2.35. The Hall–Kier alpha value is -1.94. The maximum Gasteiger partial charge on any atom is 0.300 e. The monoisotopic (exact) mass is 443 g/mol. The number of carbonyl (C=O) groups is 1. The van der Waals surface area contributed by atoms with E-state index < -0.39 is 16.0 Å². The van der Waals surface area contributed by atoms with E-state index in [1.54, 1.807) is 20.3 Å². The zero-order valence-corrected chi connectivity index (χ0v) is 18.4. The van der Waals surface area contributed by atoms with Crippen molar-refractivity contribution in [2.75, 3.05) is 33.1 Å². The molecule has 1 aromatic carbocycles. The first-order valence-corrected chi connectivity index (χ1v) is 11.0. The number of nitrogens with zero attached hydrogens (tertiary/aromatic N) is 3. The van der Waals surface area contributed by atoms with E-state index in [-0.39, 0.29) is 17.7 Å². The van der Waals surface area contributed by atoms with Crippen LogP contribution in [0.5, 0.6) is 0 Å². The van der Waals surface area contributed by atoms with Gasteiger partial charge in [-0.1, -0.05) is 17.7 Å². The van der Waals surface area contributed by atoms with Crippen molar-refractivity contribution in [3.63, 3.8) is 0 Å². The van der Waals surface area contributed by atoms with Crippen molar-refractivity contribution >= 4 is 27.6 Å². The molecule has 0 aliphatic carbocycles. The predicted molar refractivity (Wildman–Crippen MR) is 112 cm³/mol. The lowest BCUT2D eigenvalue weighted by Crippen LogP contribution is -2.32. The summed E-state index contributed by atoms with van der Waals surface area (Å²) in [7, 11) is -0.202. The van der Waals surface area contributed by atoms with E-state index in [9.17, 15) is 8.42 Å². The van der Waals surface area contributed by atoms with Gasteiger partial charge in [0.25, 0.3) is 5.97 Å². The van der Waals surface area contributed by atoms with Gasteiger partial charge in [0, 0.05) is 44.9 Å². The van der Waals surface area contributed by atoms with Crippen LogP contribution in [0.4, 0.5) is 0 Å². The smallest absolute Gasteiger partial charge is 0.300 e. The molecule has 2 heterocycles. The van der Waals surface area contributed by atoms with Crippen molar-refractivity contribution in [2.24, 2.45) is 5.92 Å². The van der Waals surface area contributed by atoms with Crippen LogP contribution in [0.2, 0.25) is 5.02 Å². The molecule has 1 N–H and O–H groups in total. The minimum absolute atomic E-state index is 0.0456.